The zero-order chi connectivity index (χ0) is 14.1. The second-order valence-corrected chi connectivity index (χ2v) is 3.81. The molecule has 0 aliphatic rings. The first kappa shape index (κ1) is 16.0. The number of amides is 1. The molecule has 0 aliphatic heterocycles. The molecular formula is C11H20N4O3. The molecule has 0 aliphatic carbocycles. The Kier molecular flexibility index (Phi) is 7.18. The third kappa shape index (κ3) is 6.51. The van der Waals surface area contributed by atoms with Crippen LogP contribution in [0, 0.1) is 5.41 Å². The maximum Gasteiger partial charge on any atom is 0.328 e. The highest BCUT2D eigenvalue weighted by molar-refractivity contribution is 5.95. The Morgan fingerprint density at radius 3 is 2.56 bits per heavy atom. The Morgan fingerprint density at radius 2 is 2.11 bits per heavy atom. The fraction of sp³-hybridized carbons (Fsp3) is 0.545. The maximum absolute atomic E-state index is 11.4. The summed E-state index contributed by atoms with van der Waals surface area (Å²) in [5.41, 5.74) is 5.44. The second-order valence-electron chi connectivity index (χ2n) is 3.81. The van der Waals surface area contributed by atoms with Crippen molar-refractivity contribution in [2.24, 2.45) is 5.73 Å². The van der Waals surface area contributed by atoms with Gasteiger partial charge in [-0.05, 0) is 19.8 Å². The van der Waals surface area contributed by atoms with Crippen LogP contribution in [0.25, 0.3) is 0 Å². The molecule has 0 fully saturated rings. The van der Waals surface area contributed by atoms with Crippen LogP contribution in [0.5, 0.6) is 0 Å². The molecule has 0 radical (unpaired) electrons. The van der Waals surface area contributed by atoms with E-state index in [4.69, 9.17) is 11.1 Å². The summed E-state index contributed by atoms with van der Waals surface area (Å²) in [5.74, 6) is -1.02. The van der Waals surface area contributed by atoms with E-state index in [0.29, 0.717) is 25.0 Å². The van der Waals surface area contributed by atoms with Crippen LogP contribution >= 0.6 is 0 Å². The monoisotopic (exact) mass is 256 g/mol. The Balaban J connectivity index is 4.24. The number of hydrogen-bond donors (Lipinski definition) is 4. The lowest BCUT2D eigenvalue weighted by molar-refractivity contribution is -0.144. The first-order valence-corrected chi connectivity index (χ1v) is 5.50. The lowest BCUT2D eigenvalue weighted by atomic mass is 10.1. The van der Waals surface area contributed by atoms with Gasteiger partial charge >= 0.3 is 5.97 Å². The van der Waals surface area contributed by atoms with Gasteiger partial charge in [-0.3, -0.25) is 10.2 Å². The number of hydrogen-bond acceptors (Lipinski definition) is 4. The number of carbonyl (C=O) groups excluding carboxylic acids is 2. The van der Waals surface area contributed by atoms with Gasteiger partial charge in [-0.25, -0.2) is 4.79 Å². The van der Waals surface area contributed by atoms with Gasteiger partial charge in [0.1, 0.15) is 6.04 Å². The molecule has 0 heterocycles. The van der Waals surface area contributed by atoms with E-state index in [9.17, 15) is 9.59 Å². The Bertz CT molecular complexity index is 341. The molecule has 1 amide bonds. The van der Waals surface area contributed by atoms with E-state index in [1.54, 1.807) is 6.92 Å². The third-order valence-corrected chi connectivity index (χ3v) is 2.16. The maximum atomic E-state index is 11.4. The lowest BCUT2D eigenvalue weighted by Gasteiger charge is -2.16. The highest BCUT2D eigenvalue weighted by Gasteiger charge is 2.20. The molecule has 18 heavy (non-hydrogen) atoms. The first-order valence-electron chi connectivity index (χ1n) is 5.50. The van der Waals surface area contributed by atoms with Crippen molar-refractivity contribution in [2.45, 2.75) is 25.8 Å². The highest BCUT2D eigenvalue weighted by Crippen LogP contribution is 2.01. The van der Waals surface area contributed by atoms with Crippen molar-refractivity contribution in [1.82, 2.24) is 10.6 Å². The summed E-state index contributed by atoms with van der Waals surface area (Å²) < 4.78 is 4.60. The number of rotatable bonds is 7. The number of esters is 1. The summed E-state index contributed by atoms with van der Waals surface area (Å²) in [4.78, 5) is 22.9. The van der Waals surface area contributed by atoms with Gasteiger partial charge < -0.3 is 21.1 Å². The topological polar surface area (TPSA) is 117 Å². The number of nitrogens with two attached hydrogens (primary N) is 1. The molecule has 0 bridgehead atoms. The molecule has 0 saturated heterocycles. The summed E-state index contributed by atoms with van der Waals surface area (Å²) in [5, 5.41) is 12.1. The summed E-state index contributed by atoms with van der Waals surface area (Å²) in [7, 11) is 1.26. The van der Waals surface area contributed by atoms with E-state index < -0.39 is 12.0 Å². The minimum atomic E-state index is -0.715. The minimum absolute atomic E-state index is 0.129. The molecule has 0 spiro atoms. The Hall–Kier alpha value is -2.05. The van der Waals surface area contributed by atoms with Gasteiger partial charge in [0.05, 0.1) is 7.11 Å². The average molecular weight is 256 g/mol. The summed E-state index contributed by atoms with van der Waals surface area (Å²) in [6, 6.07) is -0.715. The standard InChI is InChI=1S/C11H20N4O3/c1-7(2)9(16)15-8(10(17)18-3)5-4-6-14-11(12)13/h8H,1,4-6H2,2-3H3,(H,15,16)(H4,12,13,14). The van der Waals surface area contributed by atoms with Crippen molar-refractivity contribution in [3.63, 3.8) is 0 Å². The molecular weight excluding hydrogens is 236 g/mol. The van der Waals surface area contributed by atoms with Gasteiger partial charge in [0.15, 0.2) is 5.96 Å². The van der Waals surface area contributed by atoms with E-state index in [-0.39, 0.29) is 11.9 Å². The van der Waals surface area contributed by atoms with Crippen LogP contribution in [-0.2, 0) is 14.3 Å². The lowest BCUT2D eigenvalue weighted by Crippen LogP contribution is -2.42. The van der Waals surface area contributed by atoms with Crippen molar-refractivity contribution < 1.29 is 14.3 Å². The zero-order valence-corrected chi connectivity index (χ0v) is 10.7. The van der Waals surface area contributed by atoms with Crippen LogP contribution in [0.4, 0.5) is 0 Å². The van der Waals surface area contributed by atoms with Crippen LogP contribution in [0.15, 0.2) is 12.2 Å². The highest BCUT2D eigenvalue weighted by atomic mass is 16.5. The molecule has 7 nitrogen and oxygen atoms in total. The van der Waals surface area contributed by atoms with Gasteiger partial charge in [-0.15, -0.1) is 0 Å². The fourth-order valence-electron chi connectivity index (χ4n) is 1.20. The third-order valence-electron chi connectivity index (χ3n) is 2.16. The van der Waals surface area contributed by atoms with Gasteiger partial charge in [0.2, 0.25) is 5.91 Å². The minimum Gasteiger partial charge on any atom is -0.467 e. The summed E-state index contributed by atoms with van der Waals surface area (Å²) in [6.45, 7) is 5.50. The van der Waals surface area contributed by atoms with E-state index in [0.717, 1.165) is 0 Å². The number of nitrogens with one attached hydrogen (secondary N) is 3. The van der Waals surface area contributed by atoms with Gasteiger partial charge in [0.25, 0.3) is 0 Å². The zero-order valence-electron chi connectivity index (χ0n) is 10.7. The second kappa shape index (κ2) is 8.10. The van der Waals surface area contributed by atoms with Gasteiger partial charge in [-0.1, -0.05) is 6.58 Å². The van der Waals surface area contributed by atoms with E-state index >= 15 is 0 Å². The Morgan fingerprint density at radius 1 is 1.50 bits per heavy atom. The van der Waals surface area contributed by atoms with E-state index in [1.807, 2.05) is 0 Å². The molecule has 1 atom stereocenters. The molecule has 5 N–H and O–H groups in total. The average Bonchev–Trinajstić information content (AvgIpc) is 2.31. The molecule has 0 aromatic heterocycles. The molecule has 7 heteroatoms. The van der Waals surface area contributed by atoms with E-state index in [1.165, 1.54) is 7.11 Å². The summed E-state index contributed by atoms with van der Waals surface area (Å²) >= 11 is 0. The number of ether oxygens (including phenoxy) is 1. The normalized spacial score (nSPS) is 11.2. The van der Waals surface area contributed by atoms with Crippen LogP contribution in [0.1, 0.15) is 19.8 Å². The molecule has 0 rings (SSSR count). The molecule has 0 aromatic rings. The van der Waals surface area contributed by atoms with Crippen molar-refractivity contribution in [3.05, 3.63) is 12.2 Å². The predicted octanol–water partition coefficient (Wildman–Crippen LogP) is -0.516. The SMILES string of the molecule is C=C(C)C(=O)NC(CCCNC(=N)N)C(=O)OC. The van der Waals surface area contributed by atoms with Gasteiger partial charge in [0, 0.05) is 12.1 Å². The fourth-order valence-corrected chi connectivity index (χ4v) is 1.20. The number of guanidine groups is 1. The Labute approximate surface area is 106 Å². The van der Waals surface area contributed by atoms with Crippen LogP contribution in [0.2, 0.25) is 0 Å². The summed E-state index contributed by atoms with van der Waals surface area (Å²) in [6.07, 6.45) is 0.960. The quantitative estimate of drug-likeness (QED) is 0.161. The first-order chi connectivity index (χ1) is 8.38. The largest absolute Gasteiger partial charge is 0.467 e. The smallest absolute Gasteiger partial charge is 0.328 e. The number of carbonyl (C=O) groups is 2. The van der Waals surface area contributed by atoms with Crippen molar-refractivity contribution in [3.8, 4) is 0 Å². The number of methoxy groups -OCH3 is 1. The van der Waals surface area contributed by atoms with Crippen molar-refractivity contribution in [2.75, 3.05) is 13.7 Å². The van der Waals surface area contributed by atoms with Gasteiger partial charge in [-0.2, -0.15) is 0 Å². The molecule has 102 valence electrons. The molecule has 0 aromatic carbocycles. The van der Waals surface area contributed by atoms with Crippen LogP contribution in [-0.4, -0.2) is 37.5 Å². The van der Waals surface area contributed by atoms with Crippen LogP contribution in [0.3, 0.4) is 0 Å². The molecule has 0 saturated carbocycles. The van der Waals surface area contributed by atoms with E-state index in [2.05, 4.69) is 21.9 Å². The van der Waals surface area contributed by atoms with Crippen molar-refractivity contribution >= 4 is 17.8 Å². The van der Waals surface area contributed by atoms with Crippen molar-refractivity contribution in [1.29, 1.82) is 5.41 Å². The predicted molar refractivity (Wildman–Crippen MR) is 67.9 cm³/mol. The molecule has 1 unspecified atom stereocenters. The van der Waals surface area contributed by atoms with Crippen LogP contribution < -0.4 is 16.4 Å².